The Kier molecular flexibility index (Phi) is 8.66. The Morgan fingerprint density at radius 2 is 1.21 bits per heavy atom. The Balaban J connectivity index is 0.00000800. The molecule has 1 aliphatic heterocycles. The summed E-state index contributed by atoms with van der Waals surface area (Å²) in [5.41, 5.74) is 5.68. The van der Waals surface area contributed by atoms with E-state index in [0.29, 0.717) is 33.8 Å². The summed E-state index contributed by atoms with van der Waals surface area (Å²) >= 11 is 0. The van der Waals surface area contributed by atoms with Crippen molar-refractivity contribution in [2.45, 2.75) is 45.4 Å². The van der Waals surface area contributed by atoms with Gasteiger partial charge in [-0.05, 0) is 81.4 Å². The van der Waals surface area contributed by atoms with E-state index in [-0.39, 0.29) is 113 Å². The first-order valence-electron chi connectivity index (χ1n) is 31.0. The number of nitrogens with zero attached hydrogens (tertiary/aromatic N) is 4. The Bertz CT molecular complexity index is 4640. The molecular weight excluding hydrogens is 1070 g/mol. The number of fused-ring (bicyclic) bond motifs is 4. The van der Waals surface area contributed by atoms with Gasteiger partial charge in [-0.25, -0.2) is 4.98 Å². The summed E-state index contributed by atoms with van der Waals surface area (Å²) in [6.45, 7) is 11.9. The van der Waals surface area contributed by atoms with Crippen LogP contribution in [0.4, 0.5) is 22.7 Å². The summed E-state index contributed by atoms with van der Waals surface area (Å²) < 4.78 is 143. The molecule has 3 heterocycles. The van der Waals surface area contributed by atoms with Crippen molar-refractivity contribution in [1.82, 2.24) is 9.55 Å². The summed E-state index contributed by atoms with van der Waals surface area (Å²) in [7, 11) is 0. The number of ether oxygens (including phenoxy) is 1. The van der Waals surface area contributed by atoms with Gasteiger partial charge in [0.05, 0.1) is 17.8 Å². The topological polar surface area (TPSA) is 33.5 Å². The quantitative estimate of drug-likeness (QED) is 0.128. The van der Waals surface area contributed by atoms with Crippen LogP contribution in [0.2, 0.25) is 0 Å². The van der Waals surface area contributed by atoms with Crippen molar-refractivity contribution in [3.05, 3.63) is 260 Å². The van der Waals surface area contributed by atoms with Gasteiger partial charge < -0.3 is 19.1 Å². The molecule has 9 aromatic carbocycles. The van der Waals surface area contributed by atoms with Crippen LogP contribution < -0.4 is 14.5 Å². The minimum atomic E-state index is -0.998. The smallest absolute Gasteiger partial charge is 0.135 e. The first-order valence-corrected chi connectivity index (χ1v) is 23.5. The van der Waals surface area contributed by atoms with Gasteiger partial charge in [-0.15, -0.1) is 48.1 Å². The van der Waals surface area contributed by atoms with Crippen LogP contribution in [0.25, 0.3) is 61.0 Å². The van der Waals surface area contributed by atoms with Gasteiger partial charge >= 0.3 is 0 Å². The van der Waals surface area contributed by atoms with Crippen molar-refractivity contribution < 1.29 is 46.4 Å². The minimum Gasteiger partial charge on any atom is -0.509 e. The van der Waals surface area contributed by atoms with Crippen molar-refractivity contribution in [2.24, 2.45) is 0 Å². The van der Waals surface area contributed by atoms with E-state index in [1.165, 1.54) is 4.57 Å². The van der Waals surface area contributed by atoms with E-state index in [9.17, 15) is 4.11 Å². The number of benzene rings is 9. The van der Waals surface area contributed by atoms with E-state index < -0.39 is 66.0 Å². The van der Waals surface area contributed by atoms with Crippen LogP contribution >= 0.6 is 0 Å². The molecule has 0 saturated heterocycles. The number of pyridine rings is 1. The Labute approximate surface area is 464 Å². The molecule has 0 fully saturated rings. The van der Waals surface area contributed by atoms with Crippen molar-refractivity contribution in [1.29, 1.82) is 0 Å². The second kappa shape index (κ2) is 19.2. The normalized spacial score (nSPS) is 15.4. The molecule has 0 spiro atoms. The summed E-state index contributed by atoms with van der Waals surface area (Å²) in [5, 5.41) is 0.402. The predicted octanol–water partition coefficient (Wildman–Crippen LogP) is 17.6. The molecule has 12 rings (SSSR count). The summed E-state index contributed by atoms with van der Waals surface area (Å²) in [6, 6.07) is 41.1. The van der Waals surface area contributed by atoms with Crippen LogP contribution in [0.1, 0.15) is 71.9 Å². The number of hydrogen-bond acceptors (Lipinski definition) is 4. The third-order valence-corrected chi connectivity index (χ3v) is 13.1. The van der Waals surface area contributed by atoms with E-state index in [0.717, 1.165) is 22.3 Å². The zero-order valence-corrected chi connectivity index (χ0v) is 42.6. The molecule has 0 radical (unpaired) electrons. The average molecular weight is 1140 g/mol. The maximum Gasteiger partial charge on any atom is 0.135 e. The maximum absolute atomic E-state index is 9.88. The monoisotopic (exact) mass is 1140 g/mol. The molecule has 0 N–H and O–H groups in total. The third kappa shape index (κ3) is 8.83. The average Bonchev–Trinajstić information content (AvgIpc) is 2.39. The van der Waals surface area contributed by atoms with Crippen molar-refractivity contribution in [3.8, 4) is 50.7 Å². The van der Waals surface area contributed by atoms with Gasteiger partial charge in [0.25, 0.3) is 0 Å². The summed E-state index contributed by atoms with van der Waals surface area (Å²) in [6.07, 6.45) is -0.431. The van der Waals surface area contributed by atoms with Crippen molar-refractivity contribution in [3.63, 3.8) is 0 Å². The molecule has 1 aliphatic rings. The molecule has 0 saturated carbocycles. The third-order valence-electron chi connectivity index (χ3n) is 13.1. The molecular formula is C67H53N4OPt-3. The first kappa shape index (κ1) is 32.9. The Morgan fingerprint density at radius 1 is 0.534 bits per heavy atom. The fraction of sp³-hybridized carbons (Fsp3) is 0.104. The van der Waals surface area contributed by atoms with Crippen LogP contribution in [0.5, 0.6) is 11.5 Å². The van der Waals surface area contributed by atoms with Gasteiger partial charge in [-0.3, -0.25) is 0 Å². The number of rotatable bonds is 10. The second-order valence-corrected chi connectivity index (χ2v) is 19.0. The fourth-order valence-corrected chi connectivity index (χ4v) is 9.34. The van der Waals surface area contributed by atoms with E-state index in [4.69, 9.17) is 21.2 Å². The molecule has 2 aromatic heterocycles. The van der Waals surface area contributed by atoms with Crippen molar-refractivity contribution in [2.75, 3.05) is 9.80 Å². The number of aromatic nitrogens is 2. The van der Waals surface area contributed by atoms with E-state index in [1.807, 2.05) is 109 Å². The largest absolute Gasteiger partial charge is 0.509 e. The maximum atomic E-state index is 9.88. The van der Waals surface area contributed by atoms with Crippen LogP contribution in [0, 0.1) is 18.8 Å². The van der Waals surface area contributed by atoms with Crippen LogP contribution in [-0.2, 0) is 31.9 Å². The van der Waals surface area contributed by atoms with Crippen LogP contribution in [0.3, 0.4) is 0 Å². The molecule has 360 valence electrons. The van der Waals surface area contributed by atoms with Crippen LogP contribution in [0.15, 0.2) is 224 Å². The van der Waals surface area contributed by atoms with E-state index >= 15 is 0 Å². The number of para-hydroxylation sites is 3. The Hall–Kier alpha value is -7.98. The fourth-order valence-electron chi connectivity index (χ4n) is 9.34. The second-order valence-electron chi connectivity index (χ2n) is 19.0. The van der Waals surface area contributed by atoms with E-state index in [1.54, 1.807) is 42.5 Å². The molecule has 11 aromatic rings. The molecule has 0 amide bonds. The summed E-state index contributed by atoms with van der Waals surface area (Å²) in [4.78, 5) is 8.37. The predicted molar refractivity (Wildman–Crippen MR) is 298 cm³/mol. The van der Waals surface area contributed by atoms with Crippen molar-refractivity contribution >= 4 is 44.6 Å². The molecule has 0 unspecified atom stereocenters. The Morgan fingerprint density at radius 3 is 1.96 bits per heavy atom. The molecule has 5 nitrogen and oxygen atoms in total. The molecule has 0 bridgehead atoms. The van der Waals surface area contributed by atoms with E-state index in [2.05, 4.69) is 50.0 Å². The minimum absolute atomic E-state index is 0. The number of hydrogen-bond donors (Lipinski definition) is 0. The van der Waals surface area contributed by atoms with Gasteiger partial charge in [0.2, 0.25) is 0 Å². The summed E-state index contributed by atoms with van der Waals surface area (Å²) in [5.74, 6) is -0.217. The van der Waals surface area contributed by atoms with Gasteiger partial charge in [-0.1, -0.05) is 198 Å². The molecule has 0 atom stereocenters. The molecule has 0 aliphatic carbocycles. The van der Waals surface area contributed by atoms with Crippen LogP contribution in [-0.4, -0.2) is 9.55 Å². The molecule has 6 heteroatoms. The zero-order chi connectivity index (χ0) is 62.0. The van der Waals surface area contributed by atoms with Gasteiger partial charge in [0.1, 0.15) is 5.82 Å². The SMILES string of the molecule is [2H]c1nc(-n2c3[c-]c(Oc4[c-]c(N5[CH-]N(c6c(-c7cccc(C(C)(C)C)c7)cccc6-c6c([2H])c([2H])c([2H])c([2H])c6[2H])c6ccccc65)ccc4)c([2H])c([2H])c3c3cc(-c4c([2H])c([2H])c([2H])c([2H])c4[2H])ccc32)c([2H])c(C(C)(C)c2ccccc2)c1[2H].[Pt]. The van der Waals surface area contributed by atoms with Gasteiger partial charge in [0.15, 0.2) is 0 Å². The molecule has 73 heavy (non-hydrogen) atoms. The standard InChI is InChI=1S/C67H53N4O.Pt/c1-66(2,3)51-27-17-24-49(40-51)57-31-19-30-56(47-22-11-7-12-23-47)65(57)70-45-69(61-32-15-16-33-62(61)70)53-28-18-29-54(43-53)72-55-35-36-58-59-41-48(46-20-9-6-10-21-46)34-37-60(59)71(63(58)44-55)64-42-52(38-39-68-64)67(4,5)50-25-13-8-14-26-50;/h6-42,45H,1-5H3;/q-3;/i6D,7D,9D,10D,11D,12D,20D,21D,22D,23D,35D,36D,38D,39D,42D;. The number of anilines is 4. The van der Waals surface area contributed by atoms with Gasteiger partial charge in [-0.2, -0.15) is 12.1 Å². The zero-order valence-electron chi connectivity index (χ0n) is 55.3. The first-order chi connectivity index (χ1) is 41.3. The van der Waals surface area contributed by atoms with Gasteiger partial charge in [0, 0.05) is 79.2 Å².